The van der Waals surface area contributed by atoms with Gasteiger partial charge in [0, 0.05) is 19.2 Å². The molecule has 0 spiro atoms. The Hall–Kier alpha value is -2.09. The maximum Gasteiger partial charge on any atom is 0.226 e. The molecule has 2 heteroatoms. The number of aryl methyl sites for hydroxylation is 2. The van der Waals surface area contributed by atoms with E-state index in [1.54, 1.807) is 11.0 Å². The molecule has 0 N–H and O–H groups in total. The lowest BCUT2D eigenvalue weighted by molar-refractivity contribution is -0.118. The Bertz CT molecular complexity index is 674. The van der Waals surface area contributed by atoms with Crippen LogP contribution in [0, 0.1) is 13.8 Å². The Kier molecular flexibility index (Phi) is 26.0. The monoisotopic (exact) mass is 497 g/mol. The van der Waals surface area contributed by atoms with Crippen LogP contribution in [0.4, 0.5) is 5.69 Å². The fourth-order valence-corrected chi connectivity index (χ4v) is 4.09. The lowest BCUT2D eigenvalue weighted by Gasteiger charge is -2.21. The van der Waals surface area contributed by atoms with Crippen LogP contribution in [-0.4, -0.2) is 13.0 Å². The second kappa shape index (κ2) is 26.0. The van der Waals surface area contributed by atoms with Gasteiger partial charge in [0.1, 0.15) is 0 Å². The third-order valence-electron chi connectivity index (χ3n) is 6.41. The van der Waals surface area contributed by atoms with Gasteiger partial charge in [-0.15, -0.1) is 0 Å². The van der Waals surface area contributed by atoms with Gasteiger partial charge in [-0.05, 0) is 37.0 Å². The number of para-hydroxylation sites is 1. The van der Waals surface area contributed by atoms with Crippen LogP contribution in [0.3, 0.4) is 0 Å². The molecule has 1 fully saturated rings. The molecule has 2 rings (SSSR count). The average molecular weight is 498 g/mol. The van der Waals surface area contributed by atoms with Crippen LogP contribution in [0.1, 0.15) is 129 Å². The van der Waals surface area contributed by atoms with Crippen molar-refractivity contribution in [3.8, 4) is 0 Å². The lowest BCUT2D eigenvalue weighted by Crippen LogP contribution is -2.26. The Morgan fingerprint density at radius 1 is 0.806 bits per heavy atom. The summed E-state index contributed by atoms with van der Waals surface area (Å²) in [5.74, 6) is 0.155. The Morgan fingerprint density at radius 2 is 1.25 bits per heavy atom. The maximum absolute atomic E-state index is 11.5. The SMILES string of the molecule is C1CCCCC1.C=C/C=C(\C=C)CC.CCC(=O)N(C)c1c(C)cccc1C.CCCCCCCC. The fourth-order valence-electron chi connectivity index (χ4n) is 4.09. The van der Waals surface area contributed by atoms with Crippen molar-refractivity contribution in [1.29, 1.82) is 0 Å². The highest BCUT2D eigenvalue weighted by atomic mass is 16.2. The second-order valence-electron chi connectivity index (χ2n) is 9.62. The van der Waals surface area contributed by atoms with Crippen LogP contribution in [0.2, 0.25) is 0 Å². The van der Waals surface area contributed by atoms with E-state index >= 15 is 0 Å². The third-order valence-corrected chi connectivity index (χ3v) is 6.41. The second-order valence-corrected chi connectivity index (χ2v) is 9.62. The van der Waals surface area contributed by atoms with Gasteiger partial charge >= 0.3 is 0 Å². The molecular weight excluding hydrogens is 438 g/mol. The van der Waals surface area contributed by atoms with E-state index in [0.29, 0.717) is 6.42 Å². The minimum Gasteiger partial charge on any atom is -0.315 e. The Labute approximate surface area is 226 Å². The highest BCUT2D eigenvalue weighted by molar-refractivity contribution is 5.94. The predicted octanol–water partition coefficient (Wildman–Crippen LogP) is 11.1. The molecule has 1 aliphatic carbocycles. The molecule has 1 saturated carbocycles. The molecule has 1 amide bonds. The van der Waals surface area contributed by atoms with Crippen molar-refractivity contribution >= 4 is 11.6 Å². The van der Waals surface area contributed by atoms with E-state index in [2.05, 4.69) is 33.9 Å². The summed E-state index contributed by atoms with van der Waals surface area (Å²) in [5.41, 5.74) is 4.57. The van der Waals surface area contributed by atoms with E-state index in [4.69, 9.17) is 0 Å². The van der Waals surface area contributed by atoms with Crippen LogP contribution in [0.25, 0.3) is 0 Å². The lowest BCUT2D eigenvalue weighted by atomic mass is 10.0. The van der Waals surface area contributed by atoms with Gasteiger partial charge < -0.3 is 4.90 Å². The number of nitrogens with zero attached hydrogens (tertiary/aromatic N) is 1. The molecule has 1 aliphatic rings. The Morgan fingerprint density at radius 3 is 1.53 bits per heavy atom. The molecule has 0 saturated heterocycles. The summed E-state index contributed by atoms with van der Waals surface area (Å²) in [6, 6.07) is 6.07. The molecule has 0 aromatic heterocycles. The summed E-state index contributed by atoms with van der Waals surface area (Å²) >= 11 is 0. The number of anilines is 1. The minimum absolute atomic E-state index is 0.155. The summed E-state index contributed by atoms with van der Waals surface area (Å²) in [6.45, 7) is 19.8. The largest absolute Gasteiger partial charge is 0.315 e. The first-order chi connectivity index (χ1) is 17.3. The standard InChI is InChI=1S/C12H17NO.C8H12.C8H18.C6H12/c1-5-11(14)13(4)12-9(2)7-6-8-10(12)3;1-4-7-8(5-2)6-3;1-3-5-7-8-6-4-2;1-2-4-6-5-3-1/h6-8H,5H2,1-4H3;4-5,7H,1-2,6H2,3H3;3-8H2,1-2H3;1-6H2/b;8-7+;;. The number of allylic oxidation sites excluding steroid dienone is 4. The van der Waals surface area contributed by atoms with Crippen molar-refractivity contribution in [2.45, 2.75) is 131 Å². The van der Waals surface area contributed by atoms with Crippen molar-refractivity contribution in [2.75, 3.05) is 11.9 Å². The van der Waals surface area contributed by atoms with E-state index in [1.165, 1.54) is 82.6 Å². The number of hydrogen-bond donors (Lipinski definition) is 0. The first-order valence-electron chi connectivity index (χ1n) is 14.6. The molecule has 0 bridgehead atoms. The zero-order valence-electron chi connectivity index (χ0n) is 25.1. The molecule has 1 aromatic carbocycles. The topological polar surface area (TPSA) is 20.3 Å². The number of hydrogen-bond acceptors (Lipinski definition) is 1. The number of carbonyl (C=O) groups excluding carboxylic acids is 1. The first-order valence-corrected chi connectivity index (χ1v) is 14.6. The average Bonchev–Trinajstić information content (AvgIpc) is 2.91. The summed E-state index contributed by atoms with van der Waals surface area (Å²) in [6.07, 6.45) is 24.7. The minimum atomic E-state index is 0.155. The molecule has 2 nitrogen and oxygen atoms in total. The molecule has 0 unspecified atom stereocenters. The van der Waals surface area contributed by atoms with Crippen LogP contribution < -0.4 is 4.90 Å². The number of benzene rings is 1. The van der Waals surface area contributed by atoms with Crippen molar-refractivity contribution in [3.63, 3.8) is 0 Å². The van der Waals surface area contributed by atoms with Crippen molar-refractivity contribution in [1.82, 2.24) is 0 Å². The van der Waals surface area contributed by atoms with E-state index < -0.39 is 0 Å². The summed E-state index contributed by atoms with van der Waals surface area (Å²) in [5, 5.41) is 0. The summed E-state index contributed by atoms with van der Waals surface area (Å²) < 4.78 is 0. The molecule has 206 valence electrons. The molecular formula is C34H59NO. The van der Waals surface area contributed by atoms with Crippen LogP contribution >= 0.6 is 0 Å². The third kappa shape index (κ3) is 19.1. The first kappa shape index (κ1) is 36.1. The van der Waals surface area contributed by atoms with Gasteiger partial charge in [-0.1, -0.05) is 154 Å². The van der Waals surface area contributed by atoms with Gasteiger partial charge in [0.25, 0.3) is 0 Å². The molecule has 1 aromatic rings. The molecule has 36 heavy (non-hydrogen) atoms. The van der Waals surface area contributed by atoms with E-state index in [1.807, 2.05) is 58.2 Å². The van der Waals surface area contributed by atoms with Gasteiger partial charge in [-0.2, -0.15) is 0 Å². The number of unbranched alkanes of at least 4 members (excludes halogenated alkanes) is 5. The molecule has 0 heterocycles. The normalized spacial score (nSPS) is 12.5. The van der Waals surface area contributed by atoms with Crippen molar-refractivity contribution in [2.24, 2.45) is 0 Å². The van der Waals surface area contributed by atoms with Crippen LogP contribution in [0.15, 0.2) is 55.2 Å². The highest BCUT2D eigenvalue weighted by Crippen LogP contribution is 2.23. The van der Waals surface area contributed by atoms with Gasteiger partial charge in [0.05, 0.1) is 0 Å². The Balaban J connectivity index is 0. The summed E-state index contributed by atoms with van der Waals surface area (Å²) in [4.78, 5) is 13.3. The van der Waals surface area contributed by atoms with Crippen LogP contribution in [-0.2, 0) is 4.79 Å². The number of carbonyl (C=O) groups is 1. The van der Waals surface area contributed by atoms with Gasteiger partial charge in [0.2, 0.25) is 5.91 Å². The van der Waals surface area contributed by atoms with E-state index in [0.717, 1.165) is 23.2 Å². The zero-order chi connectivity index (χ0) is 27.6. The predicted molar refractivity (Wildman–Crippen MR) is 165 cm³/mol. The highest BCUT2D eigenvalue weighted by Gasteiger charge is 2.12. The molecule has 0 atom stereocenters. The van der Waals surface area contributed by atoms with Gasteiger partial charge in [-0.3, -0.25) is 4.79 Å². The smallest absolute Gasteiger partial charge is 0.226 e. The van der Waals surface area contributed by atoms with E-state index in [-0.39, 0.29) is 5.91 Å². The van der Waals surface area contributed by atoms with Gasteiger partial charge in [0.15, 0.2) is 0 Å². The number of amides is 1. The van der Waals surface area contributed by atoms with Crippen LogP contribution in [0.5, 0.6) is 0 Å². The fraction of sp³-hybridized carbons (Fsp3) is 0.618. The van der Waals surface area contributed by atoms with Gasteiger partial charge in [-0.25, -0.2) is 0 Å². The molecule has 0 aliphatic heterocycles. The summed E-state index contributed by atoms with van der Waals surface area (Å²) in [7, 11) is 1.83. The number of rotatable bonds is 10. The zero-order valence-corrected chi connectivity index (χ0v) is 25.1. The van der Waals surface area contributed by atoms with E-state index in [9.17, 15) is 4.79 Å². The van der Waals surface area contributed by atoms with Crippen molar-refractivity contribution < 1.29 is 4.79 Å². The van der Waals surface area contributed by atoms with Crippen molar-refractivity contribution in [3.05, 3.63) is 66.3 Å². The molecule has 0 radical (unpaired) electrons. The maximum atomic E-state index is 11.5. The quantitative estimate of drug-likeness (QED) is 0.232.